The normalized spacial score (nSPS) is 13.9. The molecule has 1 aromatic heterocycles. The van der Waals surface area contributed by atoms with E-state index >= 15 is 4.39 Å². The van der Waals surface area contributed by atoms with Crippen molar-refractivity contribution in [1.29, 1.82) is 0 Å². The highest BCUT2D eigenvalue weighted by Gasteiger charge is 2.38. The molecule has 0 unspecified atom stereocenters. The number of para-hydroxylation sites is 1. The van der Waals surface area contributed by atoms with Crippen molar-refractivity contribution in [3.05, 3.63) is 89.1 Å². The third-order valence-electron chi connectivity index (χ3n) is 7.26. The van der Waals surface area contributed by atoms with Crippen molar-refractivity contribution >= 4 is 34.7 Å². The van der Waals surface area contributed by atoms with Crippen molar-refractivity contribution in [1.82, 2.24) is 9.69 Å². The molecular formula is C31H31FN4O4S. The number of rotatable bonds is 9. The van der Waals surface area contributed by atoms with E-state index in [2.05, 4.69) is 9.69 Å². The lowest BCUT2D eigenvalue weighted by Crippen LogP contribution is -2.46. The second-order valence-corrected chi connectivity index (χ2v) is 10.6. The summed E-state index contributed by atoms with van der Waals surface area (Å²) >= 11 is 0.910. The molecule has 4 aromatic rings. The Balaban J connectivity index is 1.61. The zero-order valence-corrected chi connectivity index (χ0v) is 23.6. The molecule has 0 radical (unpaired) electrons. The van der Waals surface area contributed by atoms with E-state index in [1.807, 2.05) is 0 Å². The number of carbonyl (C=O) groups excluding carboxylic acids is 2. The summed E-state index contributed by atoms with van der Waals surface area (Å²) in [6, 6.07) is 18.7. The number of carbonyl (C=O) groups is 2. The molecule has 10 heteroatoms. The van der Waals surface area contributed by atoms with Crippen LogP contribution in [0.3, 0.4) is 0 Å². The second kappa shape index (κ2) is 12.4. The van der Waals surface area contributed by atoms with Crippen LogP contribution < -0.4 is 25.4 Å². The minimum absolute atomic E-state index is 0.0176. The number of hydrogen-bond donors (Lipinski definition) is 2. The first-order valence-corrected chi connectivity index (χ1v) is 14.1. The van der Waals surface area contributed by atoms with Gasteiger partial charge in [0.05, 0.1) is 25.6 Å². The van der Waals surface area contributed by atoms with Crippen molar-refractivity contribution in [2.45, 2.75) is 37.8 Å². The fourth-order valence-electron chi connectivity index (χ4n) is 5.08. The van der Waals surface area contributed by atoms with Gasteiger partial charge in [-0.05, 0) is 78.5 Å². The highest BCUT2D eigenvalue weighted by Crippen LogP contribution is 2.38. The number of methoxy groups -OCH3 is 2. The van der Waals surface area contributed by atoms with Gasteiger partial charge in [0, 0.05) is 11.6 Å². The molecule has 1 aliphatic carbocycles. The smallest absolute Gasteiger partial charge is 0.273 e. The topological polar surface area (TPSA) is 107 Å². The standard InChI is InChI=1S/C31H31FN4O4S/c1-39-22-15-11-19(12-16-22)27-26(33)29(41-35-27)31(38)36(25-10-6-5-9-24(25)32)28(20-13-17-23(40-2)18-14-20)30(37)34-21-7-3-4-8-21/h5-6,9-18,21,28H,3-4,7-8,33H2,1-2H3,(H,34,37)/t28-/m1/s1. The van der Waals surface area contributed by atoms with E-state index in [9.17, 15) is 9.59 Å². The third kappa shape index (κ3) is 5.88. The number of nitrogens with zero attached hydrogens (tertiary/aromatic N) is 2. The Labute approximate surface area is 242 Å². The first-order valence-electron chi connectivity index (χ1n) is 13.3. The Morgan fingerprint density at radius 2 is 1.59 bits per heavy atom. The fourth-order valence-corrected chi connectivity index (χ4v) is 5.84. The molecule has 0 bridgehead atoms. The van der Waals surface area contributed by atoms with Gasteiger partial charge in [-0.3, -0.25) is 14.5 Å². The SMILES string of the molecule is COc1ccc(-c2nsc(C(=O)N(c3ccccc3F)[C@@H](C(=O)NC3CCCC3)c3ccc(OC)cc3)c2N)cc1. The zero-order chi connectivity index (χ0) is 28.9. The summed E-state index contributed by atoms with van der Waals surface area (Å²) in [6.07, 6.45) is 3.72. The Morgan fingerprint density at radius 3 is 2.20 bits per heavy atom. The van der Waals surface area contributed by atoms with Gasteiger partial charge in [-0.1, -0.05) is 37.1 Å². The number of ether oxygens (including phenoxy) is 2. The van der Waals surface area contributed by atoms with Gasteiger partial charge >= 0.3 is 0 Å². The molecule has 1 fully saturated rings. The van der Waals surface area contributed by atoms with Gasteiger partial charge in [0.15, 0.2) is 0 Å². The van der Waals surface area contributed by atoms with Crippen molar-refractivity contribution in [2.24, 2.45) is 0 Å². The number of nitrogens with one attached hydrogen (secondary N) is 1. The zero-order valence-electron chi connectivity index (χ0n) is 22.8. The Morgan fingerprint density at radius 1 is 0.976 bits per heavy atom. The number of hydrogen-bond acceptors (Lipinski definition) is 7. The molecule has 212 valence electrons. The van der Waals surface area contributed by atoms with Gasteiger partial charge in [-0.25, -0.2) is 4.39 Å². The van der Waals surface area contributed by atoms with Crippen LogP contribution in [0.15, 0.2) is 72.8 Å². The summed E-state index contributed by atoms with van der Waals surface area (Å²) in [4.78, 5) is 29.6. The van der Waals surface area contributed by atoms with Gasteiger partial charge in [0.2, 0.25) is 5.91 Å². The lowest BCUT2D eigenvalue weighted by atomic mass is 10.0. The number of halogens is 1. The van der Waals surface area contributed by atoms with Gasteiger partial charge in [-0.2, -0.15) is 4.37 Å². The van der Waals surface area contributed by atoms with Crippen LogP contribution >= 0.6 is 11.5 Å². The van der Waals surface area contributed by atoms with Crippen molar-refractivity contribution in [3.8, 4) is 22.8 Å². The van der Waals surface area contributed by atoms with Crippen LogP contribution in [0, 0.1) is 5.82 Å². The van der Waals surface area contributed by atoms with Gasteiger partial charge < -0.3 is 20.5 Å². The van der Waals surface area contributed by atoms with Crippen LogP contribution in [0.4, 0.5) is 15.8 Å². The van der Waals surface area contributed by atoms with E-state index in [0.717, 1.165) is 37.2 Å². The monoisotopic (exact) mass is 574 g/mol. The molecule has 5 rings (SSSR count). The predicted molar refractivity (Wildman–Crippen MR) is 158 cm³/mol. The van der Waals surface area contributed by atoms with E-state index in [-0.39, 0.29) is 22.3 Å². The van der Waals surface area contributed by atoms with E-state index in [4.69, 9.17) is 15.2 Å². The van der Waals surface area contributed by atoms with Crippen LogP contribution in [0.25, 0.3) is 11.3 Å². The minimum atomic E-state index is -1.18. The molecule has 3 N–H and O–H groups in total. The van der Waals surface area contributed by atoms with Crippen molar-refractivity contribution in [3.63, 3.8) is 0 Å². The number of aromatic nitrogens is 1. The number of amides is 2. The lowest BCUT2D eigenvalue weighted by molar-refractivity contribution is -0.123. The Hall–Kier alpha value is -4.44. The molecule has 0 aliphatic heterocycles. The number of nitrogens with two attached hydrogens (primary N) is 1. The molecule has 0 spiro atoms. The minimum Gasteiger partial charge on any atom is -0.497 e. The first-order chi connectivity index (χ1) is 19.9. The summed E-state index contributed by atoms with van der Waals surface area (Å²) in [7, 11) is 3.11. The largest absolute Gasteiger partial charge is 0.497 e. The first kappa shape index (κ1) is 28.1. The molecule has 1 saturated carbocycles. The highest BCUT2D eigenvalue weighted by atomic mass is 32.1. The van der Waals surface area contributed by atoms with Gasteiger partial charge in [-0.15, -0.1) is 0 Å². The summed E-state index contributed by atoms with van der Waals surface area (Å²) in [5.74, 6) is -0.431. The molecule has 0 saturated heterocycles. The maximum Gasteiger partial charge on any atom is 0.273 e. The molecule has 8 nitrogen and oxygen atoms in total. The predicted octanol–water partition coefficient (Wildman–Crippen LogP) is 6.00. The Bertz CT molecular complexity index is 1520. The quantitative estimate of drug-likeness (QED) is 0.254. The average Bonchev–Trinajstić information content (AvgIpc) is 3.65. The number of nitrogen functional groups attached to an aromatic ring is 1. The van der Waals surface area contributed by atoms with E-state index in [0.29, 0.717) is 28.3 Å². The van der Waals surface area contributed by atoms with Crippen molar-refractivity contribution < 1.29 is 23.5 Å². The molecule has 41 heavy (non-hydrogen) atoms. The molecular weight excluding hydrogens is 543 g/mol. The van der Waals surface area contributed by atoms with Crippen LogP contribution in [-0.2, 0) is 4.79 Å². The second-order valence-electron chi connectivity index (χ2n) is 9.79. The summed E-state index contributed by atoms with van der Waals surface area (Å²) in [6.45, 7) is 0. The van der Waals surface area contributed by atoms with E-state index in [1.54, 1.807) is 68.8 Å². The lowest BCUT2D eigenvalue weighted by Gasteiger charge is -2.32. The summed E-state index contributed by atoms with van der Waals surface area (Å²) in [5.41, 5.74) is 8.23. The average molecular weight is 575 g/mol. The molecule has 1 aliphatic rings. The molecule has 2 amide bonds. The van der Waals surface area contributed by atoms with E-state index < -0.39 is 23.7 Å². The van der Waals surface area contributed by atoms with Crippen LogP contribution in [-0.4, -0.2) is 36.4 Å². The maximum atomic E-state index is 15.4. The highest BCUT2D eigenvalue weighted by molar-refractivity contribution is 7.09. The van der Waals surface area contributed by atoms with Crippen molar-refractivity contribution in [2.75, 3.05) is 24.9 Å². The molecule has 1 heterocycles. The van der Waals surface area contributed by atoms with Crippen LogP contribution in [0.2, 0.25) is 0 Å². The fraction of sp³-hybridized carbons (Fsp3) is 0.258. The van der Waals surface area contributed by atoms with Crippen LogP contribution in [0.1, 0.15) is 47.0 Å². The summed E-state index contributed by atoms with van der Waals surface area (Å²) < 4.78 is 30.4. The Kier molecular flexibility index (Phi) is 8.49. The maximum absolute atomic E-state index is 15.4. The van der Waals surface area contributed by atoms with Crippen LogP contribution in [0.5, 0.6) is 11.5 Å². The van der Waals surface area contributed by atoms with Gasteiger partial charge in [0.1, 0.15) is 33.9 Å². The number of benzene rings is 3. The number of anilines is 2. The summed E-state index contributed by atoms with van der Waals surface area (Å²) in [5, 5.41) is 3.10. The van der Waals surface area contributed by atoms with Gasteiger partial charge in [0.25, 0.3) is 5.91 Å². The third-order valence-corrected chi connectivity index (χ3v) is 8.11. The van der Waals surface area contributed by atoms with E-state index in [1.165, 1.54) is 23.1 Å². The molecule has 1 atom stereocenters. The molecule has 3 aromatic carbocycles.